The molecule has 1 aliphatic carbocycles. The number of likely N-dealkylation sites (tertiary alicyclic amines) is 1. The first-order valence-corrected chi connectivity index (χ1v) is 8.12. The third kappa shape index (κ3) is 3.46. The lowest BCUT2D eigenvalue weighted by atomic mass is 9.98. The molecule has 0 aromatic carbocycles. The number of nitrogens with two attached hydrogens (primary N) is 1. The average Bonchev–Trinajstić information content (AvgIpc) is 2.90. The lowest BCUT2D eigenvalue weighted by Gasteiger charge is -2.30. The van der Waals surface area contributed by atoms with Crippen LogP contribution < -0.4 is 5.73 Å². The highest BCUT2D eigenvalue weighted by molar-refractivity contribution is 5.97. The van der Waals surface area contributed by atoms with Crippen molar-refractivity contribution in [3.05, 3.63) is 11.6 Å². The first-order chi connectivity index (χ1) is 10.1. The molecule has 1 aliphatic heterocycles. The molecule has 0 saturated carbocycles. The van der Waals surface area contributed by atoms with Crippen LogP contribution in [0.4, 0.5) is 0 Å². The maximum Gasteiger partial charge on any atom is 0.250 e. The summed E-state index contributed by atoms with van der Waals surface area (Å²) in [4.78, 5) is 28.8. The molecule has 5 heteroatoms. The molecule has 0 aromatic rings. The van der Waals surface area contributed by atoms with Crippen LogP contribution in [0, 0.1) is 0 Å². The largest absolute Gasteiger partial charge is 0.341 e. The fraction of sp³-hybridized carbons (Fsp3) is 0.750. The van der Waals surface area contributed by atoms with Crippen molar-refractivity contribution < 1.29 is 9.59 Å². The van der Waals surface area contributed by atoms with Gasteiger partial charge >= 0.3 is 0 Å². The Morgan fingerprint density at radius 3 is 2.62 bits per heavy atom. The summed E-state index contributed by atoms with van der Waals surface area (Å²) in [6, 6.07) is -0.474. The van der Waals surface area contributed by atoms with Gasteiger partial charge in [-0.05, 0) is 46.0 Å². The van der Waals surface area contributed by atoms with Gasteiger partial charge in [-0.2, -0.15) is 0 Å². The summed E-state index contributed by atoms with van der Waals surface area (Å²) in [5.41, 5.74) is 6.89. The molecule has 2 atom stereocenters. The fourth-order valence-electron chi connectivity index (χ4n) is 3.29. The molecular formula is C16H27N3O2. The highest BCUT2D eigenvalue weighted by Crippen LogP contribution is 2.25. The van der Waals surface area contributed by atoms with E-state index in [1.54, 1.807) is 9.80 Å². The molecule has 5 nitrogen and oxygen atoms in total. The highest BCUT2D eigenvalue weighted by atomic mass is 16.2. The van der Waals surface area contributed by atoms with Gasteiger partial charge in [0.1, 0.15) is 6.04 Å². The van der Waals surface area contributed by atoms with Crippen molar-refractivity contribution in [3.8, 4) is 0 Å². The van der Waals surface area contributed by atoms with Crippen molar-refractivity contribution in [1.29, 1.82) is 0 Å². The SMILES string of the molecule is CCN(CC)C(=O)[C@@H]1C[C@@H](N)CN1C(=O)C1=CCCCC1. The first kappa shape index (κ1) is 16.0. The minimum atomic E-state index is -0.379. The Bertz CT molecular complexity index is 429. The summed E-state index contributed by atoms with van der Waals surface area (Å²) in [6.45, 7) is 5.77. The van der Waals surface area contributed by atoms with Crippen LogP contribution in [0.25, 0.3) is 0 Å². The van der Waals surface area contributed by atoms with Gasteiger partial charge in [0.2, 0.25) is 11.8 Å². The van der Waals surface area contributed by atoms with Gasteiger partial charge in [0.05, 0.1) is 0 Å². The fourth-order valence-corrected chi connectivity index (χ4v) is 3.29. The zero-order valence-electron chi connectivity index (χ0n) is 13.2. The summed E-state index contributed by atoms with van der Waals surface area (Å²) in [6.07, 6.45) is 6.62. The van der Waals surface area contributed by atoms with Gasteiger partial charge in [-0.25, -0.2) is 0 Å². The lowest BCUT2D eigenvalue weighted by Crippen LogP contribution is -2.48. The lowest BCUT2D eigenvalue weighted by molar-refractivity contribution is -0.141. The number of hydrogen-bond donors (Lipinski definition) is 1. The molecule has 2 amide bonds. The Balaban J connectivity index is 2.14. The Hall–Kier alpha value is -1.36. The van der Waals surface area contributed by atoms with Crippen molar-refractivity contribution in [3.63, 3.8) is 0 Å². The summed E-state index contributed by atoms with van der Waals surface area (Å²) >= 11 is 0. The van der Waals surface area contributed by atoms with Crippen molar-refractivity contribution in [1.82, 2.24) is 9.80 Å². The molecule has 0 bridgehead atoms. The quantitative estimate of drug-likeness (QED) is 0.849. The summed E-state index contributed by atoms with van der Waals surface area (Å²) in [7, 11) is 0. The molecule has 118 valence electrons. The third-order valence-electron chi connectivity index (χ3n) is 4.52. The maximum absolute atomic E-state index is 12.7. The van der Waals surface area contributed by atoms with Crippen LogP contribution in [0.15, 0.2) is 11.6 Å². The molecule has 0 radical (unpaired) electrons. The number of amides is 2. The van der Waals surface area contributed by atoms with Gasteiger partial charge in [-0.1, -0.05) is 6.08 Å². The second-order valence-electron chi connectivity index (χ2n) is 5.95. The normalized spacial score (nSPS) is 25.7. The van der Waals surface area contributed by atoms with Crippen LogP contribution in [0.1, 0.15) is 46.0 Å². The van der Waals surface area contributed by atoms with Crippen LogP contribution in [-0.2, 0) is 9.59 Å². The highest BCUT2D eigenvalue weighted by Gasteiger charge is 2.40. The van der Waals surface area contributed by atoms with Gasteiger partial charge in [0, 0.05) is 31.2 Å². The molecular weight excluding hydrogens is 266 g/mol. The van der Waals surface area contributed by atoms with Crippen molar-refractivity contribution in [2.45, 2.75) is 58.0 Å². The Labute approximate surface area is 127 Å². The molecule has 21 heavy (non-hydrogen) atoms. The number of carbonyl (C=O) groups excluding carboxylic acids is 2. The monoisotopic (exact) mass is 293 g/mol. The molecule has 2 rings (SSSR count). The molecule has 2 N–H and O–H groups in total. The van der Waals surface area contributed by atoms with E-state index in [4.69, 9.17) is 5.73 Å². The maximum atomic E-state index is 12.7. The smallest absolute Gasteiger partial charge is 0.250 e. The van der Waals surface area contributed by atoms with E-state index in [1.165, 1.54) is 0 Å². The van der Waals surface area contributed by atoms with Gasteiger partial charge < -0.3 is 15.5 Å². The summed E-state index contributed by atoms with van der Waals surface area (Å²) < 4.78 is 0. The van der Waals surface area contributed by atoms with E-state index < -0.39 is 0 Å². The topological polar surface area (TPSA) is 66.6 Å². The minimum Gasteiger partial charge on any atom is -0.341 e. The van der Waals surface area contributed by atoms with Gasteiger partial charge in [-0.3, -0.25) is 9.59 Å². The third-order valence-corrected chi connectivity index (χ3v) is 4.52. The number of allylic oxidation sites excluding steroid dienone is 1. The standard InChI is InChI=1S/C16H27N3O2/c1-3-18(4-2)16(21)14-10-13(17)11-19(14)15(20)12-8-6-5-7-9-12/h8,13-14H,3-7,9-11,17H2,1-2H3/t13-,14+/m1/s1. The van der Waals surface area contributed by atoms with Crippen LogP contribution in [0.2, 0.25) is 0 Å². The first-order valence-electron chi connectivity index (χ1n) is 8.12. The van der Waals surface area contributed by atoms with E-state index in [2.05, 4.69) is 0 Å². The number of carbonyl (C=O) groups is 2. The van der Waals surface area contributed by atoms with E-state index in [-0.39, 0.29) is 23.9 Å². The predicted molar refractivity (Wildman–Crippen MR) is 82.6 cm³/mol. The number of likely N-dealkylation sites (N-methyl/N-ethyl adjacent to an activating group) is 1. The number of hydrogen-bond acceptors (Lipinski definition) is 3. The Kier molecular flexibility index (Phi) is 5.39. The summed E-state index contributed by atoms with van der Waals surface area (Å²) in [5.74, 6) is 0.0610. The van der Waals surface area contributed by atoms with Gasteiger partial charge in [0.15, 0.2) is 0 Å². The van der Waals surface area contributed by atoms with Gasteiger partial charge in [-0.15, -0.1) is 0 Å². The Morgan fingerprint density at radius 1 is 1.33 bits per heavy atom. The number of rotatable bonds is 4. The molecule has 0 aromatic heterocycles. The molecule has 2 aliphatic rings. The predicted octanol–water partition coefficient (Wildman–Crippen LogP) is 1.28. The van der Waals surface area contributed by atoms with Crippen LogP contribution >= 0.6 is 0 Å². The van der Waals surface area contributed by atoms with Crippen molar-refractivity contribution in [2.24, 2.45) is 5.73 Å². The molecule has 0 unspecified atom stereocenters. The average molecular weight is 293 g/mol. The zero-order chi connectivity index (χ0) is 15.4. The van der Waals surface area contributed by atoms with E-state index in [0.29, 0.717) is 26.1 Å². The van der Waals surface area contributed by atoms with Gasteiger partial charge in [0.25, 0.3) is 0 Å². The molecule has 1 heterocycles. The van der Waals surface area contributed by atoms with E-state index in [9.17, 15) is 9.59 Å². The van der Waals surface area contributed by atoms with Crippen molar-refractivity contribution in [2.75, 3.05) is 19.6 Å². The van der Waals surface area contributed by atoms with E-state index >= 15 is 0 Å². The number of nitrogens with zero attached hydrogens (tertiary/aromatic N) is 2. The van der Waals surface area contributed by atoms with Crippen molar-refractivity contribution >= 4 is 11.8 Å². The molecule has 1 fully saturated rings. The second kappa shape index (κ2) is 7.07. The zero-order valence-corrected chi connectivity index (χ0v) is 13.2. The van der Waals surface area contributed by atoms with E-state index in [0.717, 1.165) is 31.3 Å². The molecule has 1 saturated heterocycles. The van der Waals surface area contributed by atoms with E-state index in [1.807, 2.05) is 19.9 Å². The molecule has 0 spiro atoms. The second-order valence-corrected chi connectivity index (χ2v) is 5.95. The van der Waals surface area contributed by atoms with Crippen LogP contribution in [0.3, 0.4) is 0 Å². The Morgan fingerprint density at radius 2 is 2.05 bits per heavy atom. The minimum absolute atomic E-state index is 0.0214. The van der Waals surface area contributed by atoms with Crippen LogP contribution in [0.5, 0.6) is 0 Å². The summed E-state index contributed by atoms with van der Waals surface area (Å²) in [5, 5.41) is 0. The van der Waals surface area contributed by atoms with Crippen LogP contribution in [-0.4, -0.2) is 53.3 Å².